The third-order valence-electron chi connectivity index (χ3n) is 2.83. The van der Waals surface area contributed by atoms with Crippen LogP contribution in [0.1, 0.15) is 29.0 Å². The third-order valence-corrected chi connectivity index (χ3v) is 5.31. The molecule has 102 valence electrons. The van der Waals surface area contributed by atoms with Gasteiger partial charge in [-0.15, -0.1) is 11.3 Å². The van der Waals surface area contributed by atoms with Crippen LogP contribution in [0.3, 0.4) is 0 Å². The quantitative estimate of drug-likeness (QED) is 0.840. The first-order valence-electron chi connectivity index (χ1n) is 5.96. The average Bonchev–Trinajstić information content (AvgIpc) is 2.70. The van der Waals surface area contributed by atoms with E-state index in [0.717, 1.165) is 31.2 Å². The van der Waals surface area contributed by atoms with Crippen LogP contribution in [-0.2, 0) is 0 Å². The largest absolute Gasteiger partial charge is 0.494 e. The molecule has 0 fully saturated rings. The SMILES string of the molecule is CCOc1ccc(C(N)c2scc(C)c2Cl)c(Br)c1. The summed E-state index contributed by atoms with van der Waals surface area (Å²) in [5.74, 6) is 0.832. The van der Waals surface area contributed by atoms with Gasteiger partial charge in [0.25, 0.3) is 0 Å². The Bertz CT molecular complexity index is 585. The predicted octanol–water partition coefficient (Wildman–Crippen LogP) is 4.92. The van der Waals surface area contributed by atoms with Crippen molar-refractivity contribution in [2.75, 3.05) is 6.61 Å². The van der Waals surface area contributed by atoms with Crippen LogP contribution >= 0.6 is 38.9 Å². The normalized spacial score (nSPS) is 12.5. The fourth-order valence-electron chi connectivity index (χ4n) is 1.82. The molecule has 1 atom stereocenters. The Labute approximate surface area is 130 Å². The van der Waals surface area contributed by atoms with E-state index in [1.807, 2.05) is 37.4 Å². The Morgan fingerprint density at radius 1 is 1.47 bits per heavy atom. The summed E-state index contributed by atoms with van der Waals surface area (Å²) in [6.07, 6.45) is 0. The molecule has 2 aromatic rings. The fraction of sp³-hybridized carbons (Fsp3) is 0.286. The molecule has 0 aliphatic heterocycles. The van der Waals surface area contributed by atoms with Gasteiger partial charge in [0.1, 0.15) is 5.75 Å². The molecule has 0 bridgehead atoms. The Kier molecular flexibility index (Phi) is 4.90. The van der Waals surface area contributed by atoms with Gasteiger partial charge in [-0.05, 0) is 42.5 Å². The minimum atomic E-state index is -0.226. The van der Waals surface area contributed by atoms with E-state index >= 15 is 0 Å². The van der Waals surface area contributed by atoms with Gasteiger partial charge in [-0.3, -0.25) is 0 Å². The number of aryl methyl sites for hydroxylation is 1. The van der Waals surface area contributed by atoms with E-state index in [-0.39, 0.29) is 6.04 Å². The zero-order chi connectivity index (χ0) is 14.0. The van der Waals surface area contributed by atoms with Crippen LogP contribution < -0.4 is 10.5 Å². The first-order valence-corrected chi connectivity index (χ1v) is 8.01. The molecule has 0 spiro atoms. The molecule has 0 amide bonds. The van der Waals surface area contributed by atoms with Gasteiger partial charge in [-0.25, -0.2) is 0 Å². The standard InChI is InChI=1S/C14H15BrClNOS/c1-3-18-9-4-5-10(11(15)6-9)13(17)14-12(16)8(2)7-19-14/h4-7,13H,3,17H2,1-2H3. The summed E-state index contributed by atoms with van der Waals surface area (Å²) in [5, 5.41) is 2.79. The number of hydrogen-bond donors (Lipinski definition) is 1. The van der Waals surface area contributed by atoms with E-state index in [9.17, 15) is 0 Å². The molecule has 0 saturated carbocycles. The minimum absolute atomic E-state index is 0.226. The molecule has 0 saturated heterocycles. The maximum atomic E-state index is 6.31. The number of nitrogens with two attached hydrogens (primary N) is 1. The summed E-state index contributed by atoms with van der Waals surface area (Å²) in [4.78, 5) is 0.990. The number of halogens is 2. The molecule has 0 aliphatic carbocycles. The van der Waals surface area contributed by atoms with E-state index in [1.54, 1.807) is 11.3 Å². The molecule has 2 N–H and O–H groups in total. The predicted molar refractivity (Wildman–Crippen MR) is 85.4 cm³/mol. The van der Waals surface area contributed by atoms with Crippen molar-refractivity contribution in [3.63, 3.8) is 0 Å². The number of hydrogen-bond acceptors (Lipinski definition) is 3. The van der Waals surface area contributed by atoms with Gasteiger partial charge >= 0.3 is 0 Å². The molecule has 2 nitrogen and oxygen atoms in total. The van der Waals surface area contributed by atoms with Crippen molar-refractivity contribution >= 4 is 38.9 Å². The maximum absolute atomic E-state index is 6.31. The van der Waals surface area contributed by atoms with Crippen molar-refractivity contribution in [2.24, 2.45) is 5.73 Å². The van der Waals surface area contributed by atoms with Crippen LogP contribution in [0.2, 0.25) is 5.02 Å². The van der Waals surface area contributed by atoms with E-state index < -0.39 is 0 Å². The zero-order valence-electron chi connectivity index (χ0n) is 10.7. The van der Waals surface area contributed by atoms with Crippen molar-refractivity contribution in [3.05, 3.63) is 49.1 Å². The molecule has 19 heavy (non-hydrogen) atoms. The van der Waals surface area contributed by atoms with Crippen molar-refractivity contribution in [1.82, 2.24) is 0 Å². The van der Waals surface area contributed by atoms with Crippen LogP contribution in [0.25, 0.3) is 0 Å². The lowest BCUT2D eigenvalue weighted by atomic mass is 10.1. The summed E-state index contributed by atoms with van der Waals surface area (Å²) in [6, 6.07) is 5.62. The Morgan fingerprint density at radius 3 is 2.74 bits per heavy atom. The lowest BCUT2D eigenvalue weighted by Gasteiger charge is -2.14. The average molecular weight is 361 g/mol. The summed E-state index contributed by atoms with van der Waals surface area (Å²) in [7, 11) is 0. The van der Waals surface area contributed by atoms with Gasteiger partial charge in [-0.1, -0.05) is 33.6 Å². The monoisotopic (exact) mass is 359 g/mol. The lowest BCUT2D eigenvalue weighted by Crippen LogP contribution is -2.11. The number of rotatable bonds is 4. The highest BCUT2D eigenvalue weighted by Gasteiger charge is 2.18. The van der Waals surface area contributed by atoms with Crippen molar-refractivity contribution in [1.29, 1.82) is 0 Å². The smallest absolute Gasteiger partial charge is 0.120 e. The van der Waals surface area contributed by atoms with Gasteiger partial charge in [0.2, 0.25) is 0 Å². The fourth-order valence-corrected chi connectivity index (χ4v) is 3.75. The van der Waals surface area contributed by atoms with E-state index in [2.05, 4.69) is 15.9 Å². The van der Waals surface area contributed by atoms with Crippen molar-refractivity contribution in [2.45, 2.75) is 19.9 Å². The highest BCUT2D eigenvalue weighted by Crippen LogP contribution is 2.37. The van der Waals surface area contributed by atoms with Crippen molar-refractivity contribution < 1.29 is 4.74 Å². The molecule has 2 rings (SSSR count). The molecule has 0 aliphatic rings. The number of ether oxygens (including phenoxy) is 1. The second-order valence-electron chi connectivity index (χ2n) is 4.19. The van der Waals surface area contributed by atoms with E-state index in [1.165, 1.54) is 0 Å². The molecule has 5 heteroatoms. The summed E-state index contributed by atoms with van der Waals surface area (Å²) in [5.41, 5.74) is 8.39. The molecule has 1 aromatic heterocycles. The van der Waals surface area contributed by atoms with Gasteiger partial charge in [0.15, 0.2) is 0 Å². The highest BCUT2D eigenvalue weighted by molar-refractivity contribution is 9.10. The van der Waals surface area contributed by atoms with Crippen LogP contribution in [0.4, 0.5) is 0 Å². The lowest BCUT2D eigenvalue weighted by molar-refractivity contribution is 0.340. The first kappa shape index (κ1) is 14.9. The van der Waals surface area contributed by atoms with Crippen LogP contribution in [0.15, 0.2) is 28.1 Å². The maximum Gasteiger partial charge on any atom is 0.120 e. The molecule has 1 aromatic carbocycles. The number of thiophene rings is 1. The highest BCUT2D eigenvalue weighted by atomic mass is 79.9. The molecule has 1 unspecified atom stereocenters. The Morgan fingerprint density at radius 2 is 2.21 bits per heavy atom. The van der Waals surface area contributed by atoms with E-state index in [0.29, 0.717) is 6.61 Å². The second-order valence-corrected chi connectivity index (χ2v) is 6.33. The van der Waals surface area contributed by atoms with Gasteiger partial charge in [0, 0.05) is 9.35 Å². The van der Waals surface area contributed by atoms with Gasteiger partial charge < -0.3 is 10.5 Å². The molecule has 1 heterocycles. The minimum Gasteiger partial charge on any atom is -0.494 e. The van der Waals surface area contributed by atoms with Gasteiger partial charge in [-0.2, -0.15) is 0 Å². The molecule has 0 radical (unpaired) electrons. The van der Waals surface area contributed by atoms with Crippen LogP contribution in [0.5, 0.6) is 5.75 Å². The Balaban J connectivity index is 2.34. The summed E-state index contributed by atoms with van der Waals surface area (Å²) in [6.45, 7) is 4.60. The zero-order valence-corrected chi connectivity index (χ0v) is 13.9. The first-order chi connectivity index (χ1) is 9.04. The molecular weight excluding hydrogens is 346 g/mol. The Hall–Kier alpha value is -0.550. The summed E-state index contributed by atoms with van der Waals surface area (Å²) >= 11 is 11.4. The van der Waals surface area contributed by atoms with Crippen LogP contribution in [-0.4, -0.2) is 6.61 Å². The van der Waals surface area contributed by atoms with Gasteiger partial charge in [0.05, 0.1) is 17.7 Å². The summed E-state index contributed by atoms with van der Waals surface area (Å²) < 4.78 is 6.40. The van der Waals surface area contributed by atoms with Crippen molar-refractivity contribution in [3.8, 4) is 5.75 Å². The van der Waals surface area contributed by atoms with E-state index in [4.69, 9.17) is 22.1 Å². The topological polar surface area (TPSA) is 35.2 Å². The number of benzene rings is 1. The third kappa shape index (κ3) is 3.14. The second kappa shape index (κ2) is 6.27. The van der Waals surface area contributed by atoms with Crippen LogP contribution in [0, 0.1) is 6.92 Å². The molecular formula is C14H15BrClNOS.